The molecule has 1 rings (SSSR count). The smallest absolute Gasteiger partial charge is 0.289 e. The Labute approximate surface area is 88.6 Å². The van der Waals surface area contributed by atoms with Gasteiger partial charge in [-0.05, 0) is 22.0 Å². The molecule has 0 saturated heterocycles. The van der Waals surface area contributed by atoms with E-state index in [9.17, 15) is 10.1 Å². The van der Waals surface area contributed by atoms with E-state index in [-0.39, 0.29) is 11.3 Å². The average Bonchev–Trinajstić information content (AvgIpc) is 2.15. The minimum absolute atomic E-state index is 0.131. The van der Waals surface area contributed by atoms with Crippen molar-refractivity contribution in [2.24, 2.45) is 0 Å². The van der Waals surface area contributed by atoms with Crippen LogP contribution in [0.2, 0.25) is 0 Å². The van der Waals surface area contributed by atoms with Crippen LogP contribution < -0.4 is 4.74 Å². The van der Waals surface area contributed by atoms with E-state index in [0.717, 1.165) is 0 Å². The molecule has 0 radical (unpaired) electrons. The molecule has 0 unspecified atom stereocenters. The summed E-state index contributed by atoms with van der Waals surface area (Å²) >= 11 is 3.05. The highest BCUT2D eigenvalue weighted by atomic mass is 79.9. The van der Waals surface area contributed by atoms with Crippen molar-refractivity contribution in [1.29, 1.82) is 0 Å². The normalized spacial score (nSPS) is 9.93. The first-order valence-corrected chi connectivity index (χ1v) is 4.51. The van der Waals surface area contributed by atoms with E-state index in [1.807, 2.05) is 0 Å². The molecule has 1 N–H and O–H groups in total. The van der Waals surface area contributed by atoms with Crippen LogP contribution in [0.1, 0.15) is 5.56 Å². The summed E-state index contributed by atoms with van der Waals surface area (Å²) in [6.45, 7) is -0.397. The molecule has 0 aromatic heterocycles. The maximum atomic E-state index is 10.6. The zero-order valence-corrected chi connectivity index (χ0v) is 8.94. The maximum absolute atomic E-state index is 10.6. The third-order valence-corrected chi connectivity index (χ3v) is 2.31. The van der Waals surface area contributed by atoms with E-state index in [1.165, 1.54) is 19.2 Å². The fourth-order valence-electron chi connectivity index (χ4n) is 1.07. The summed E-state index contributed by atoms with van der Waals surface area (Å²) in [6.07, 6.45) is 0. The monoisotopic (exact) mass is 261 g/mol. The first kappa shape index (κ1) is 10.9. The van der Waals surface area contributed by atoms with Crippen molar-refractivity contribution in [3.8, 4) is 5.75 Å². The number of hydrogen-bond acceptors (Lipinski definition) is 4. The molecule has 1 aromatic rings. The van der Waals surface area contributed by atoms with Crippen molar-refractivity contribution in [3.05, 3.63) is 32.3 Å². The first-order valence-electron chi connectivity index (χ1n) is 3.71. The van der Waals surface area contributed by atoms with Gasteiger partial charge in [0.05, 0.1) is 28.7 Å². The summed E-state index contributed by atoms with van der Waals surface area (Å²) in [5, 5.41) is 19.6. The molecule has 6 heteroatoms. The zero-order chi connectivity index (χ0) is 10.7. The van der Waals surface area contributed by atoms with Crippen molar-refractivity contribution < 1.29 is 14.8 Å². The number of nitro benzene ring substituents is 1. The second kappa shape index (κ2) is 4.39. The van der Waals surface area contributed by atoms with Crippen LogP contribution in [0.4, 0.5) is 5.69 Å². The van der Waals surface area contributed by atoms with E-state index in [1.54, 1.807) is 0 Å². The Kier molecular flexibility index (Phi) is 3.43. The molecule has 5 nitrogen and oxygen atoms in total. The molecule has 0 aliphatic carbocycles. The van der Waals surface area contributed by atoms with E-state index < -0.39 is 11.5 Å². The first-order chi connectivity index (χ1) is 6.60. The van der Waals surface area contributed by atoms with E-state index in [0.29, 0.717) is 10.2 Å². The van der Waals surface area contributed by atoms with Crippen molar-refractivity contribution in [2.75, 3.05) is 7.11 Å². The number of ether oxygens (including phenoxy) is 1. The minimum atomic E-state index is -0.547. The van der Waals surface area contributed by atoms with Gasteiger partial charge in [0.25, 0.3) is 5.69 Å². The standard InChI is InChI=1S/C8H8BrNO4/c1-14-6-2-5(4-11)8(10(12)13)7(9)3-6/h2-3,11H,4H2,1H3. The van der Waals surface area contributed by atoms with Crippen LogP contribution in [0.5, 0.6) is 5.75 Å². The quantitative estimate of drug-likeness (QED) is 0.666. The molecule has 0 aliphatic rings. The highest BCUT2D eigenvalue weighted by Crippen LogP contribution is 2.33. The SMILES string of the molecule is COc1cc(Br)c([N+](=O)[O-])c(CO)c1. The predicted molar refractivity (Wildman–Crippen MR) is 53.3 cm³/mol. The number of aliphatic hydroxyl groups is 1. The number of nitro groups is 1. The Morgan fingerprint density at radius 1 is 1.64 bits per heavy atom. The molecular weight excluding hydrogens is 254 g/mol. The lowest BCUT2D eigenvalue weighted by atomic mass is 10.2. The summed E-state index contributed by atoms with van der Waals surface area (Å²) in [6, 6.07) is 2.92. The zero-order valence-electron chi connectivity index (χ0n) is 7.36. The lowest BCUT2D eigenvalue weighted by molar-refractivity contribution is -0.386. The summed E-state index contributed by atoms with van der Waals surface area (Å²) in [7, 11) is 1.45. The van der Waals surface area contributed by atoms with Crippen molar-refractivity contribution in [2.45, 2.75) is 6.61 Å². The van der Waals surface area contributed by atoms with E-state index in [2.05, 4.69) is 15.9 Å². The van der Waals surface area contributed by atoms with Crippen LogP contribution >= 0.6 is 15.9 Å². The Hall–Kier alpha value is -1.14. The van der Waals surface area contributed by atoms with Crippen molar-refractivity contribution in [3.63, 3.8) is 0 Å². The number of nitrogens with zero attached hydrogens (tertiary/aromatic N) is 1. The lowest BCUT2D eigenvalue weighted by Gasteiger charge is -2.05. The molecule has 0 saturated carbocycles. The summed E-state index contributed by atoms with van der Waals surface area (Å²) in [5.74, 6) is 0.464. The van der Waals surface area contributed by atoms with Gasteiger partial charge in [-0.3, -0.25) is 10.1 Å². The predicted octanol–water partition coefficient (Wildman–Crippen LogP) is 1.86. The Balaban J connectivity index is 3.34. The van der Waals surface area contributed by atoms with Crippen molar-refractivity contribution in [1.82, 2.24) is 0 Å². The molecular formula is C8H8BrNO4. The van der Waals surface area contributed by atoms with Crippen LogP contribution in [-0.4, -0.2) is 17.1 Å². The number of halogens is 1. The summed E-state index contributed by atoms with van der Waals surface area (Å²) in [4.78, 5) is 10.1. The van der Waals surface area contributed by atoms with Gasteiger partial charge in [0, 0.05) is 6.07 Å². The number of methoxy groups -OCH3 is 1. The third-order valence-electron chi connectivity index (χ3n) is 1.70. The maximum Gasteiger partial charge on any atom is 0.289 e. The lowest BCUT2D eigenvalue weighted by Crippen LogP contribution is -1.97. The topological polar surface area (TPSA) is 72.6 Å². The molecule has 76 valence electrons. The van der Waals surface area contributed by atoms with Crippen LogP contribution in [0.3, 0.4) is 0 Å². The molecule has 0 aliphatic heterocycles. The van der Waals surface area contributed by atoms with Gasteiger partial charge in [0.15, 0.2) is 0 Å². The number of hydrogen-bond donors (Lipinski definition) is 1. The number of aliphatic hydroxyl groups excluding tert-OH is 1. The third kappa shape index (κ3) is 2.02. The molecule has 0 fully saturated rings. The largest absolute Gasteiger partial charge is 0.497 e. The van der Waals surface area contributed by atoms with Gasteiger partial charge in [0.2, 0.25) is 0 Å². The number of benzene rings is 1. The molecule has 14 heavy (non-hydrogen) atoms. The fraction of sp³-hybridized carbons (Fsp3) is 0.250. The van der Waals surface area contributed by atoms with Gasteiger partial charge in [-0.15, -0.1) is 0 Å². The van der Waals surface area contributed by atoms with E-state index in [4.69, 9.17) is 9.84 Å². The molecule has 0 amide bonds. The van der Waals surface area contributed by atoms with Crippen LogP contribution in [0.25, 0.3) is 0 Å². The van der Waals surface area contributed by atoms with Gasteiger partial charge in [-0.25, -0.2) is 0 Å². The van der Waals surface area contributed by atoms with Gasteiger partial charge in [-0.2, -0.15) is 0 Å². The Morgan fingerprint density at radius 2 is 2.29 bits per heavy atom. The molecule has 0 bridgehead atoms. The van der Waals surface area contributed by atoms with Gasteiger partial charge in [-0.1, -0.05) is 0 Å². The molecule has 0 spiro atoms. The molecule has 0 heterocycles. The summed E-state index contributed by atoms with van der Waals surface area (Å²) in [5.41, 5.74) is 0.0922. The Morgan fingerprint density at radius 3 is 2.71 bits per heavy atom. The van der Waals surface area contributed by atoms with Gasteiger partial charge < -0.3 is 9.84 Å². The average molecular weight is 262 g/mol. The second-order valence-electron chi connectivity index (χ2n) is 2.53. The van der Waals surface area contributed by atoms with Crippen LogP contribution in [0.15, 0.2) is 16.6 Å². The second-order valence-corrected chi connectivity index (χ2v) is 3.39. The van der Waals surface area contributed by atoms with Gasteiger partial charge in [0.1, 0.15) is 5.75 Å². The van der Waals surface area contributed by atoms with Crippen LogP contribution in [0, 0.1) is 10.1 Å². The molecule has 0 atom stereocenters. The number of rotatable bonds is 3. The van der Waals surface area contributed by atoms with Crippen LogP contribution in [-0.2, 0) is 6.61 Å². The minimum Gasteiger partial charge on any atom is -0.497 e. The molecule has 1 aromatic carbocycles. The summed E-state index contributed by atoms with van der Waals surface area (Å²) < 4.78 is 5.21. The van der Waals surface area contributed by atoms with Crippen molar-refractivity contribution >= 4 is 21.6 Å². The van der Waals surface area contributed by atoms with E-state index >= 15 is 0 Å². The van der Waals surface area contributed by atoms with Gasteiger partial charge >= 0.3 is 0 Å². The fourth-order valence-corrected chi connectivity index (χ4v) is 1.70. The Bertz CT molecular complexity index is 367. The highest BCUT2D eigenvalue weighted by Gasteiger charge is 2.19. The highest BCUT2D eigenvalue weighted by molar-refractivity contribution is 9.10.